The summed E-state index contributed by atoms with van der Waals surface area (Å²) in [6.07, 6.45) is 2.18. The Bertz CT molecular complexity index is 761. The number of pyridine rings is 1. The molecule has 1 aliphatic heterocycles. The van der Waals surface area contributed by atoms with Crippen LogP contribution in [0.3, 0.4) is 0 Å². The highest BCUT2D eigenvalue weighted by Gasteiger charge is 2.21. The molecular formula is C16H15ClN4O2. The minimum atomic E-state index is -0.603. The van der Waals surface area contributed by atoms with Crippen LogP contribution in [0, 0.1) is 0 Å². The molecule has 3 rings (SSSR count). The summed E-state index contributed by atoms with van der Waals surface area (Å²) in [6.45, 7) is 1.15. The molecule has 23 heavy (non-hydrogen) atoms. The zero-order chi connectivity index (χ0) is 16.4. The van der Waals surface area contributed by atoms with E-state index in [2.05, 4.69) is 10.3 Å². The topological polar surface area (TPSA) is 88.3 Å². The molecule has 1 aromatic carbocycles. The van der Waals surface area contributed by atoms with Crippen molar-refractivity contribution in [3.8, 4) is 0 Å². The Kier molecular flexibility index (Phi) is 4.16. The zero-order valence-corrected chi connectivity index (χ0v) is 13.0. The SMILES string of the molecule is NC(=O)c1ccc(NC(=O)N2CCc3cc(Cl)ccc3C2)cn1. The molecule has 0 spiro atoms. The smallest absolute Gasteiger partial charge is 0.322 e. The molecule has 0 saturated heterocycles. The van der Waals surface area contributed by atoms with Crippen LogP contribution in [0.5, 0.6) is 0 Å². The third kappa shape index (κ3) is 3.43. The van der Waals surface area contributed by atoms with Crippen molar-refractivity contribution >= 4 is 29.2 Å². The van der Waals surface area contributed by atoms with Crippen molar-refractivity contribution in [2.24, 2.45) is 5.73 Å². The molecule has 2 heterocycles. The van der Waals surface area contributed by atoms with Crippen LogP contribution in [-0.2, 0) is 13.0 Å². The number of carbonyl (C=O) groups is 2. The molecule has 3 N–H and O–H groups in total. The third-order valence-corrected chi connectivity index (χ3v) is 3.97. The zero-order valence-electron chi connectivity index (χ0n) is 12.3. The molecule has 0 radical (unpaired) electrons. The normalized spacial score (nSPS) is 13.3. The average molecular weight is 331 g/mol. The van der Waals surface area contributed by atoms with Crippen molar-refractivity contribution in [3.05, 3.63) is 58.4 Å². The number of nitrogens with two attached hydrogens (primary N) is 1. The van der Waals surface area contributed by atoms with E-state index in [-0.39, 0.29) is 11.7 Å². The van der Waals surface area contributed by atoms with E-state index in [9.17, 15) is 9.59 Å². The highest BCUT2D eigenvalue weighted by molar-refractivity contribution is 6.30. The van der Waals surface area contributed by atoms with Gasteiger partial charge in [0.2, 0.25) is 0 Å². The average Bonchev–Trinajstić information content (AvgIpc) is 2.54. The van der Waals surface area contributed by atoms with E-state index in [1.54, 1.807) is 11.0 Å². The van der Waals surface area contributed by atoms with Crippen LogP contribution in [0.25, 0.3) is 0 Å². The van der Waals surface area contributed by atoms with Crippen LogP contribution in [-0.4, -0.2) is 28.4 Å². The minimum Gasteiger partial charge on any atom is -0.364 e. The number of hydrogen-bond acceptors (Lipinski definition) is 3. The molecule has 1 aliphatic rings. The van der Waals surface area contributed by atoms with Gasteiger partial charge in [-0.2, -0.15) is 0 Å². The number of urea groups is 1. The molecule has 2 aromatic rings. The highest BCUT2D eigenvalue weighted by Crippen LogP contribution is 2.23. The number of anilines is 1. The maximum atomic E-state index is 12.3. The molecular weight excluding hydrogens is 316 g/mol. The number of nitrogens with one attached hydrogen (secondary N) is 1. The van der Waals surface area contributed by atoms with E-state index < -0.39 is 5.91 Å². The highest BCUT2D eigenvalue weighted by atomic mass is 35.5. The van der Waals surface area contributed by atoms with Crippen LogP contribution in [0.1, 0.15) is 21.6 Å². The Morgan fingerprint density at radius 3 is 2.74 bits per heavy atom. The first-order valence-electron chi connectivity index (χ1n) is 7.12. The van der Waals surface area contributed by atoms with Gasteiger partial charge >= 0.3 is 6.03 Å². The predicted octanol–water partition coefficient (Wildman–Crippen LogP) is 2.42. The Morgan fingerprint density at radius 1 is 1.22 bits per heavy atom. The number of benzene rings is 1. The minimum absolute atomic E-state index is 0.159. The fraction of sp³-hybridized carbons (Fsp3) is 0.188. The lowest BCUT2D eigenvalue weighted by molar-refractivity contribution is 0.0995. The summed E-state index contributed by atoms with van der Waals surface area (Å²) in [4.78, 5) is 28.9. The van der Waals surface area contributed by atoms with Crippen LogP contribution in [0.4, 0.5) is 10.5 Å². The van der Waals surface area contributed by atoms with Crippen molar-refractivity contribution in [2.45, 2.75) is 13.0 Å². The Balaban J connectivity index is 1.67. The summed E-state index contributed by atoms with van der Waals surface area (Å²) >= 11 is 5.99. The van der Waals surface area contributed by atoms with Gasteiger partial charge in [0, 0.05) is 18.1 Å². The molecule has 3 amide bonds. The molecule has 0 aliphatic carbocycles. The number of primary amides is 1. The molecule has 0 unspecified atom stereocenters. The maximum Gasteiger partial charge on any atom is 0.322 e. The summed E-state index contributed by atoms with van der Waals surface area (Å²) in [5.41, 5.74) is 8.08. The van der Waals surface area contributed by atoms with Crippen LogP contribution in [0.15, 0.2) is 36.5 Å². The van der Waals surface area contributed by atoms with Gasteiger partial charge in [0.15, 0.2) is 0 Å². The van der Waals surface area contributed by atoms with Gasteiger partial charge < -0.3 is 16.0 Å². The molecule has 7 heteroatoms. The van der Waals surface area contributed by atoms with Crippen molar-refractivity contribution in [1.29, 1.82) is 0 Å². The first-order chi connectivity index (χ1) is 11.0. The van der Waals surface area contributed by atoms with Gasteiger partial charge in [-0.15, -0.1) is 0 Å². The quantitative estimate of drug-likeness (QED) is 0.886. The molecule has 118 valence electrons. The van der Waals surface area contributed by atoms with Crippen molar-refractivity contribution in [2.75, 3.05) is 11.9 Å². The standard InChI is InChI=1S/C16H15ClN4O2/c17-12-2-1-11-9-21(6-5-10(11)7-12)16(23)20-13-3-4-14(15(18)22)19-8-13/h1-4,7-8H,5-6,9H2,(H2,18,22)(H,20,23). The van der Waals surface area contributed by atoms with E-state index in [1.807, 2.05) is 18.2 Å². The number of nitrogens with zero attached hydrogens (tertiary/aromatic N) is 2. The second kappa shape index (κ2) is 6.26. The van der Waals surface area contributed by atoms with Gasteiger partial charge in [-0.1, -0.05) is 17.7 Å². The second-order valence-corrected chi connectivity index (χ2v) is 5.75. The molecule has 6 nitrogen and oxygen atoms in total. The number of amides is 3. The van der Waals surface area contributed by atoms with Crippen molar-refractivity contribution in [1.82, 2.24) is 9.88 Å². The van der Waals surface area contributed by atoms with Gasteiger partial charge in [-0.3, -0.25) is 4.79 Å². The number of halogens is 1. The van der Waals surface area contributed by atoms with Crippen LogP contribution >= 0.6 is 11.6 Å². The molecule has 1 aromatic heterocycles. The summed E-state index contributed by atoms with van der Waals surface area (Å²) in [7, 11) is 0. The van der Waals surface area contributed by atoms with E-state index in [0.717, 1.165) is 12.0 Å². The Hall–Kier alpha value is -2.60. The summed E-state index contributed by atoms with van der Waals surface area (Å²) < 4.78 is 0. The van der Waals surface area contributed by atoms with Crippen LogP contribution < -0.4 is 11.1 Å². The summed E-state index contributed by atoms with van der Waals surface area (Å²) in [5.74, 6) is -0.603. The number of carbonyl (C=O) groups excluding carboxylic acids is 2. The lowest BCUT2D eigenvalue weighted by atomic mass is 10.0. The molecule has 0 saturated carbocycles. The van der Waals surface area contributed by atoms with E-state index in [0.29, 0.717) is 23.8 Å². The molecule has 0 bridgehead atoms. The van der Waals surface area contributed by atoms with Crippen molar-refractivity contribution in [3.63, 3.8) is 0 Å². The fourth-order valence-corrected chi connectivity index (χ4v) is 2.71. The van der Waals surface area contributed by atoms with E-state index in [1.165, 1.54) is 17.8 Å². The van der Waals surface area contributed by atoms with Crippen molar-refractivity contribution < 1.29 is 9.59 Å². The monoisotopic (exact) mass is 330 g/mol. The van der Waals surface area contributed by atoms with E-state index in [4.69, 9.17) is 17.3 Å². The first kappa shape index (κ1) is 15.3. The Labute approximate surface area is 138 Å². The second-order valence-electron chi connectivity index (χ2n) is 5.31. The van der Waals surface area contributed by atoms with Crippen LogP contribution in [0.2, 0.25) is 5.02 Å². The molecule has 0 atom stereocenters. The van der Waals surface area contributed by atoms with Gasteiger partial charge in [0.25, 0.3) is 5.91 Å². The third-order valence-electron chi connectivity index (χ3n) is 3.73. The lowest BCUT2D eigenvalue weighted by Gasteiger charge is -2.29. The van der Waals surface area contributed by atoms with Gasteiger partial charge in [0.1, 0.15) is 5.69 Å². The number of aromatic nitrogens is 1. The lowest BCUT2D eigenvalue weighted by Crippen LogP contribution is -2.38. The summed E-state index contributed by atoms with van der Waals surface area (Å²) in [6, 6.07) is 8.58. The number of hydrogen-bond donors (Lipinski definition) is 2. The largest absolute Gasteiger partial charge is 0.364 e. The van der Waals surface area contributed by atoms with Gasteiger partial charge in [-0.05, 0) is 41.8 Å². The fourth-order valence-electron chi connectivity index (χ4n) is 2.51. The van der Waals surface area contributed by atoms with Gasteiger partial charge in [-0.25, -0.2) is 9.78 Å². The summed E-state index contributed by atoms with van der Waals surface area (Å²) in [5, 5.41) is 3.48. The number of rotatable bonds is 2. The predicted molar refractivity (Wildman–Crippen MR) is 87.3 cm³/mol. The first-order valence-corrected chi connectivity index (χ1v) is 7.50. The number of fused-ring (bicyclic) bond motifs is 1. The Morgan fingerprint density at radius 2 is 2.04 bits per heavy atom. The van der Waals surface area contributed by atoms with E-state index >= 15 is 0 Å². The maximum absolute atomic E-state index is 12.3. The van der Waals surface area contributed by atoms with Gasteiger partial charge in [0.05, 0.1) is 11.9 Å². The molecule has 0 fully saturated rings.